The number of carbonyl (C=O) groups excluding carboxylic acids is 1. The van der Waals surface area contributed by atoms with Crippen molar-refractivity contribution < 1.29 is 4.79 Å². The molecular formula is C14H21ClN2O. The van der Waals surface area contributed by atoms with Crippen LogP contribution >= 0.6 is 11.6 Å². The lowest BCUT2D eigenvalue weighted by atomic mass is 10.1. The summed E-state index contributed by atoms with van der Waals surface area (Å²) >= 11 is 5.82. The maximum absolute atomic E-state index is 12.5. The molecule has 1 rings (SSSR count). The Balaban J connectivity index is 2.99. The molecule has 0 aliphatic rings. The molecule has 0 saturated carbocycles. The van der Waals surface area contributed by atoms with E-state index in [2.05, 4.69) is 18.8 Å². The lowest BCUT2D eigenvalue weighted by Crippen LogP contribution is -2.41. The van der Waals surface area contributed by atoms with Gasteiger partial charge in [0.1, 0.15) is 0 Å². The summed E-state index contributed by atoms with van der Waals surface area (Å²) in [5.41, 5.74) is 1.45. The highest BCUT2D eigenvalue weighted by atomic mass is 35.5. The van der Waals surface area contributed by atoms with E-state index in [0.29, 0.717) is 18.0 Å². The number of aryl methyl sites for hydroxylation is 1. The summed E-state index contributed by atoms with van der Waals surface area (Å²) in [6.07, 6.45) is 3.59. The van der Waals surface area contributed by atoms with Crippen molar-refractivity contribution in [2.45, 2.75) is 39.7 Å². The van der Waals surface area contributed by atoms with Gasteiger partial charge in [-0.05, 0) is 31.9 Å². The Morgan fingerprint density at radius 3 is 2.61 bits per heavy atom. The number of rotatable bonds is 6. The molecular weight excluding hydrogens is 248 g/mol. The Kier molecular flexibility index (Phi) is 6.13. The van der Waals surface area contributed by atoms with E-state index in [-0.39, 0.29) is 11.9 Å². The van der Waals surface area contributed by atoms with Crippen molar-refractivity contribution in [3.63, 3.8) is 0 Å². The fourth-order valence-corrected chi connectivity index (χ4v) is 2.32. The van der Waals surface area contributed by atoms with Crippen LogP contribution in [0.15, 0.2) is 18.3 Å². The molecule has 0 radical (unpaired) electrons. The second-order valence-corrected chi connectivity index (χ2v) is 4.67. The lowest BCUT2D eigenvalue weighted by Gasteiger charge is -2.30. The molecule has 18 heavy (non-hydrogen) atoms. The van der Waals surface area contributed by atoms with Crippen LogP contribution in [0.5, 0.6) is 0 Å². The predicted molar refractivity (Wildman–Crippen MR) is 75.1 cm³/mol. The Bertz CT molecular complexity index is 391. The van der Waals surface area contributed by atoms with Crippen LogP contribution in [-0.2, 0) is 0 Å². The van der Waals surface area contributed by atoms with E-state index in [1.54, 1.807) is 12.3 Å². The highest BCUT2D eigenvalue weighted by molar-refractivity contribution is 6.18. The van der Waals surface area contributed by atoms with Gasteiger partial charge in [-0.1, -0.05) is 13.8 Å². The Morgan fingerprint density at radius 1 is 1.44 bits per heavy atom. The fourth-order valence-electron chi connectivity index (χ4n) is 2.14. The highest BCUT2D eigenvalue weighted by Gasteiger charge is 2.23. The van der Waals surface area contributed by atoms with Gasteiger partial charge in [-0.15, -0.1) is 11.6 Å². The van der Waals surface area contributed by atoms with Crippen molar-refractivity contribution in [1.29, 1.82) is 0 Å². The molecule has 0 atom stereocenters. The zero-order chi connectivity index (χ0) is 13.5. The van der Waals surface area contributed by atoms with Crippen LogP contribution in [0.2, 0.25) is 0 Å². The normalized spacial score (nSPS) is 10.7. The van der Waals surface area contributed by atoms with Gasteiger partial charge in [-0.2, -0.15) is 0 Å². The standard InChI is InChI=1S/C14H21ClN2O/c1-4-12(5-2)17(10-8-15)14(18)13-7-6-9-16-11(13)3/h6-7,9,12H,4-5,8,10H2,1-3H3. The number of amides is 1. The van der Waals surface area contributed by atoms with E-state index in [4.69, 9.17) is 11.6 Å². The Labute approximate surface area is 114 Å². The topological polar surface area (TPSA) is 33.2 Å². The van der Waals surface area contributed by atoms with Gasteiger partial charge in [0.15, 0.2) is 0 Å². The van der Waals surface area contributed by atoms with E-state index < -0.39 is 0 Å². The first-order valence-electron chi connectivity index (χ1n) is 6.44. The van der Waals surface area contributed by atoms with Crippen LogP contribution in [0.4, 0.5) is 0 Å². The van der Waals surface area contributed by atoms with Crippen molar-refractivity contribution in [2.75, 3.05) is 12.4 Å². The molecule has 1 aromatic heterocycles. The molecule has 0 fully saturated rings. The Morgan fingerprint density at radius 2 is 2.11 bits per heavy atom. The van der Waals surface area contributed by atoms with Crippen LogP contribution in [0, 0.1) is 6.92 Å². The average molecular weight is 269 g/mol. The van der Waals surface area contributed by atoms with E-state index in [9.17, 15) is 4.79 Å². The van der Waals surface area contributed by atoms with Crippen LogP contribution < -0.4 is 0 Å². The number of nitrogens with zero attached hydrogens (tertiary/aromatic N) is 2. The van der Waals surface area contributed by atoms with Gasteiger partial charge in [-0.25, -0.2) is 0 Å². The maximum Gasteiger partial charge on any atom is 0.255 e. The summed E-state index contributed by atoms with van der Waals surface area (Å²) in [6, 6.07) is 3.87. The second-order valence-electron chi connectivity index (χ2n) is 4.29. The zero-order valence-corrected chi connectivity index (χ0v) is 12.1. The zero-order valence-electron chi connectivity index (χ0n) is 11.3. The maximum atomic E-state index is 12.5. The van der Waals surface area contributed by atoms with Crippen LogP contribution in [-0.4, -0.2) is 34.3 Å². The summed E-state index contributed by atoms with van der Waals surface area (Å²) in [7, 11) is 0. The van der Waals surface area contributed by atoms with E-state index in [0.717, 1.165) is 18.5 Å². The highest BCUT2D eigenvalue weighted by Crippen LogP contribution is 2.15. The quantitative estimate of drug-likeness (QED) is 0.742. The molecule has 0 spiro atoms. The first-order chi connectivity index (χ1) is 8.65. The number of alkyl halides is 1. The molecule has 0 aliphatic heterocycles. The van der Waals surface area contributed by atoms with E-state index >= 15 is 0 Å². The van der Waals surface area contributed by atoms with Crippen LogP contribution in [0.3, 0.4) is 0 Å². The number of aromatic nitrogens is 1. The Hall–Kier alpha value is -1.09. The molecule has 0 saturated heterocycles. The number of hydrogen-bond acceptors (Lipinski definition) is 2. The summed E-state index contributed by atoms with van der Waals surface area (Å²) in [5.74, 6) is 0.497. The second kappa shape index (κ2) is 7.37. The summed E-state index contributed by atoms with van der Waals surface area (Å²) in [6.45, 7) is 6.64. The molecule has 1 heterocycles. The molecule has 0 bridgehead atoms. The summed E-state index contributed by atoms with van der Waals surface area (Å²) < 4.78 is 0. The van der Waals surface area contributed by atoms with Crippen LogP contribution in [0.1, 0.15) is 42.7 Å². The minimum atomic E-state index is 0.0370. The third kappa shape index (κ3) is 3.45. The first-order valence-corrected chi connectivity index (χ1v) is 6.97. The molecule has 1 amide bonds. The van der Waals surface area contributed by atoms with Crippen molar-refractivity contribution in [2.24, 2.45) is 0 Å². The SMILES string of the molecule is CCC(CC)N(CCCl)C(=O)c1cccnc1C. The minimum Gasteiger partial charge on any atom is -0.334 e. The molecule has 1 aromatic rings. The largest absolute Gasteiger partial charge is 0.334 e. The van der Waals surface area contributed by atoms with Crippen molar-refractivity contribution in [3.8, 4) is 0 Å². The lowest BCUT2D eigenvalue weighted by molar-refractivity contribution is 0.0680. The molecule has 0 aliphatic carbocycles. The molecule has 0 N–H and O–H groups in total. The summed E-state index contributed by atoms with van der Waals surface area (Å²) in [5, 5.41) is 0. The smallest absolute Gasteiger partial charge is 0.255 e. The van der Waals surface area contributed by atoms with E-state index in [1.165, 1.54) is 0 Å². The minimum absolute atomic E-state index is 0.0370. The third-order valence-corrected chi connectivity index (χ3v) is 3.38. The summed E-state index contributed by atoms with van der Waals surface area (Å²) in [4.78, 5) is 18.6. The fraction of sp³-hybridized carbons (Fsp3) is 0.571. The van der Waals surface area contributed by atoms with Gasteiger partial charge in [0.25, 0.3) is 5.91 Å². The van der Waals surface area contributed by atoms with E-state index in [1.807, 2.05) is 17.9 Å². The molecule has 4 heteroatoms. The van der Waals surface area contributed by atoms with Gasteiger partial charge >= 0.3 is 0 Å². The van der Waals surface area contributed by atoms with Gasteiger partial charge in [-0.3, -0.25) is 9.78 Å². The number of carbonyl (C=O) groups is 1. The predicted octanol–water partition coefficient (Wildman–Crippen LogP) is 3.26. The van der Waals surface area contributed by atoms with Gasteiger partial charge in [0.05, 0.1) is 5.56 Å². The van der Waals surface area contributed by atoms with Gasteiger partial charge in [0.2, 0.25) is 0 Å². The molecule has 0 aromatic carbocycles. The van der Waals surface area contributed by atoms with Crippen molar-refractivity contribution >= 4 is 17.5 Å². The number of pyridine rings is 1. The first kappa shape index (κ1) is 15.0. The van der Waals surface area contributed by atoms with Gasteiger partial charge < -0.3 is 4.90 Å². The molecule has 3 nitrogen and oxygen atoms in total. The van der Waals surface area contributed by atoms with Crippen LogP contribution in [0.25, 0.3) is 0 Å². The molecule has 0 unspecified atom stereocenters. The third-order valence-electron chi connectivity index (χ3n) is 3.21. The number of hydrogen-bond donors (Lipinski definition) is 0. The van der Waals surface area contributed by atoms with Crippen molar-refractivity contribution in [3.05, 3.63) is 29.6 Å². The average Bonchev–Trinajstić information content (AvgIpc) is 2.39. The number of halogens is 1. The molecule has 100 valence electrons. The monoisotopic (exact) mass is 268 g/mol. The van der Waals surface area contributed by atoms with Crippen molar-refractivity contribution in [1.82, 2.24) is 9.88 Å². The van der Waals surface area contributed by atoms with Gasteiger partial charge in [0, 0.05) is 30.4 Å².